The van der Waals surface area contributed by atoms with Crippen LogP contribution < -0.4 is 16.6 Å². The predicted molar refractivity (Wildman–Crippen MR) is 145 cm³/mol. The number of H-pyrrole nitrogens is 1. The van der Waals surface area contributed by atoms with E-state index in [1.54, 1.807) is 12.1 Å². The topological polar surface area (TPSA) is 123 Å². The molecule has 2 N–H and O–H groups in total. The lowest BCUT2D eigenvalue weighted by Crippen LogP contribution is -2.35. The predicted octanol–water partition coefficient (Wildman–Crippen LogP) is 3.96. The number of nitrogens with zero attached hydrogens (tertiary/aromatic N) is 4. The number of rotatable bonds is 10. The molecule has 3 aromatic heterocycles. The number of aromatic nitrogens is 5. The van der Waals surface area contributed by atoms with Crippen LogP contribution in [0.4, 0.5) is 11.5 Å². The second-order valence-electron chi connectivity index (χ2n) is 8.33. The van der Waals surface area contributed by atoms with Crippen LogP contribution in [0.3, 0.4) is 0 Å². The number of methoxy groups -OCH3 is 1. The van der Waals surface area contributed by atoms with Crippen LogP contribution in [0.15, 0.2) is 46.0 Å². The van der Waals surface area contributed by atoms with Gasteiger partial charge in [-0.15, -0.1) is 0 Å². The minimum absolute atomic E-state index is 0.225. The van der Waals surface area contributed by atoms with Crippen molar-refractivity contribution in [1.82, 2.24) is 24.1 Å². The summed E-state index contributed by atoms with van der Waals surface area (Å²) in [5.41, 5.74) is 3.59. The molecule has 0 aliphatic heterocycles. The molecule has 4 aromatic rings. The number of carbonyl (C=O) groups is 1. The first-order chi connectivity index (χ1) is 17.8. The van der Waals surface area contributed by atoms with Crippen molar-refractivity contribution >= 4 is 46.5 Å². The summed E-state index contributed by atoms with van der Waals surface area (Å²) in [7, 11) is 1.29. The van der Waals surface area contributed by atoms with E-state index in [0.29, 0.717) is 35.1 Å². The number of imidazole rings is 1. The third-order valence-electron chi connectivity index (χ3n) is 5.83. The fraction of sp³-hybridized carbons (Fsp3) is 0.320. The first-order valence-electron chi connectivity index (χ1n) is 11.7. The number of esters is 1. The van der Waals surface area contributed by atoms with E-state index in [0.717, 1.165) is 12.1 Å². The Hall–Kier alpha value is -3.57. The molecule has 12 heteroatoms. The zero-order valence-corrected chi connectivity index (χ0v) is 22.3. The van der Waals surface area contributed by atoms with Crippen LogP contribution in [0.1, 0.15) is 40.7 Å². The molecule has 0 radical (unpaired) electrons. The van der Waals surface area contributed by atoms with Gasteiger partial charge in [-0.25, -0.2) is 19.1 Å². The molecule has 0 aliphatic rings. The number of carbonyl (C=O) groups excluding carboxylic acids is 1. The van der Waals surface area contributed by atoms with Crippen LogP contribution >= 0.6 is 23.4 Å². The highest BCUT2D eigenvalue weighted by Gasteiger charge is 2.21. The number of thioether (sulfide) groups is 1. The molecular formula is C25H27ClN6O4S. The van der Waals surface area contributed by atoms with Gasteiger partial charge in [-0.3, -0.25) is 14.3 Å². The summed E-state index contributed by atoms with van der Waals surface area (Å²) in [4.78, 5) is 44.7. The number of hydrogen-bond donors (Lipinski definition) is 2. The molecule has 0 saturated heterocycles. The molecule has 10 nitrogen and oxygen atoms in total. The Morgan fingerprint density at radius 3 is 2.76 bits per heavy atom. The lowest BCUT2D eigenvalue weighted by Gasteiger charge is -2.11. The van der Waals surface area contributed by atoms with Crippen LogP contribution in [-0.2, 0) is 23.5 Å². The average Bonchev–Trinajstić information content (AvgIpc) is 3.23. The normalized spacial score (nSPS) is 11.1. The Labute approximate surface area is 222 Å². The maximum atomic E-state index is 12.6. The number of halogens is 1. The van der Waals surface area contributed by atoms with E-state index in [1.807, 2.05) is 25.1 Å². The molecule has 0 saturated carbocycles. The highest BCUT2D eigenvalue weighted by Crippen LogP contribution is 2.21. The molecule has 0 amide bonds. The van der Waals surface area contributed by atoms with Crippen molar-refractivity contribution in [2.24, 2.45) is 0 Å². The number of fused-ring (bicyclic) bond motifs is 1. The zero-order chi connectivity index (χ0) is 26.5. The minimum atomic E-state index is -0.554. The largest absolute Gasteiger partial charge is 0.464 e. The summed E-state index contributed by atoms with van der Waals surface area (Å²) < 4.78 is 7.43. The van der Waals surface area contributed by atoms with E-state index in [2.05, 4.69) is 27.3 Å². The van der Waals surface area contributed by atoms with E-state index < -0.39 is 11.7 Å². The van der Waals surface area contributed by atoms with Gasteiger partial charge >= 0.3 is 11.7 Å². The fourth-order valence-electron chi connectivity index (χ4n) is 3.94. The van der Waals surface area contributed by atoms with E-state index in [1.165, 1.54) is 45.1 Å². The number of hydrogen-bond acceptors (Lipinski definition) is 8. The third-order valence-corrected chi connectivity index (χ3v) is 7.09. The van der Waals surface area contributed by atoms with Gasteiger partial charge in [-0.05, 0) is 60.9 Å². The molecule has 37 heavy (non-hydrogen) atoms. The summed E-state index contributed by atoms with van der Waals surface area (Å²) >= 11 is 7.49. The number of nitrogens with one attached hydrogen (secondary N) is 2. The van der Waals surface area contributed by atoms with E-state index in [-0.39, 0.29) is 23.0 Å². The first-order valence-corrected chi connectivity index (χ1v) is 13.2. The van der Waals surface area contributed by atoms with Gasteiger partial charge in [0.15, 0.2) is 11.3 Å². The SMILES string of the molecule is CCc1cc(Nc2cc(=O)n(CCCSCc3nc4ccc(Cl)nn4c3C(=O)OC)c(=O)[nH]2)ccc1C. The van der Waals surface area contributed by atoms with E-state index >= 15 is 0 Å². The average molecular weight is 543 g/mol. The molecule has 4 rings (SSSR count). The van der Waals surface area contributed by atoms with Crippen LogP contribution in [0.5, 0.6) is 0 Å². The van der Waals surface area contributed by atoms with Crippen molar-refractivity contribution in [2.45, 2.75) is 39.0 Å². The highest BCUT2D eigenvalue weighted by molar-refractivity contribution is 7.98. The van der Waals surface area contributed by atoms with Crippen LogP contribution in [0.2, 0.25) is 5.15 Å². The molecular weight excluding hydrogens is 516 g/mol. The van der Waals surface area contributed by atoms with Crippen molar-refractivity contribution in [3.8, 4) is 0 Å². The summed E-state index contributed by atoms with van der Waals surface area (Å²) in [5, 5.41) is 7.48. The molecule has 0 atom stereocenters. The molecule has 1 aromatic carbocycles. The molecule has 0 aliphatic carbocycles. The monoisotopic (exact) mass is 542 g/mol. The van der Waals surface area contributed by atoms with Gasteiger partial charge in [-0.1, -0.05) is 24.6 Å². The molecule has 3 heterocycles. The summed E-state index contributed by atoms with van der Waals surface area (Å²) in [6, 6.07) is 10.6. The van der Waals surface area contributed by atoms with Crippen molar-refractivity contribution in [2.75, 3.05) is 18.2 Å². The summed E-state index contributed by atoms with van der Waals surface area (Å²) in [5.74, 6) is 0.858. The van der Waals surface area contributed by atoms with E-state index in [4.69, 9.17) is 16.3 Å². The Morgan fingerprint density at radius 1 is 1.22 bits per heavy atom. The second kappa shape index (κ2) is 11.7. The maximum Gasteiger partial charge on any atom is 0.358 e. The molecule has 0 unspecified atom stereocenters. The van der Waals surface area contributed by atoms with Crippen LogP contribution in [0.25, 0.3) is 5.65 Å². The van der Waals surface area contributed by atoms with Crippen molar-refractivity contribution < 1.29 is 9.53 Å². The van der Waals surface area contributed by atoms with Crippen molar-refractivity contribution in [1.29, 1.82) is 0 Å². The Kier molecular flexibility index (Phi) is 8.34. The number of ether oxygens (including phenoxy) is 1. The quantitative estimate of drug-likeness (QED) is 0.228. The summed E-state index contributed by atoms with van der Waals surface area (Å²) in [6.45, 7) is 4.39. The lowest BCUT2D eigenvalue weighted by molar-refractivity contribution is 0.0590. The minimum Gasteiger partial charge on any atom is -0.464 e. The zero-order valence-electron chi connectivity index (χ0n) is 20.7. The van der Waals surface area contributed by atoms with Crippen LogP contribution in [0, 0.1) is 6.92 Å². The fourth-order valence-corrected chi connectivity index (χ4v) is 4.95. The number of anilines is 2. The van der Waals surface area contributed by atoms with Gasteiger partial charge in [0.1, 0.15) is 11.0 Å². The van der Waals surface area contributed by atoms with Crippen molar-refractivity contribution in [3.63, 3.8) is 0 Å². The molecule has 194 valence electrons. The van der Waals surface area contributed by atoms with Crippen molar-refractivity contribution in [3.05, 3.63) is 84.9 Å². The standard InChI is InChI=1S/C25H27ClN6O4S/c1-4-16-12-17(7-6-15(16)2)27-20-13-22(33)31(25(35)29-20)10-5-11-37-14-18-23(24(34)36-3)32-21(28-18)9-8-19(26)30-32/h6-9,12-13,27H,4-5,10-11,14H2,1-3H3,(H,29,35). The second-order valence-corrected chi connectivity index (χ2v) is 9.82. The van der Waals surface area contributed by atoms with Gasteiger partial charge in [0.2, 0.25) is 0 Å². The number of aryl methyl sites for hydroxylation is 2. The van der Waals surface area contributed by atoms with Gasteiger partial charge < -0.3 is 10.1 Å². The van der Waals surface area contributed by atoms with E-state index in [9.17, 15) is 14.4 Å². The van der Waals surface area contributed by atoms with Crippen LogP contribution in [-0.4, -0.2) is 43.0 Å². The Balaban J connectivity index is 1.37. The maximum absolute atomic E-state index is 12.6. The first kappa shape index (κ1) is 26.5. The highest BCUT2D eigenvalue weighted by atomic mass is 35.5. The number of benzene rings is 1. The smallest absolute Gasteiger partial charge is 0.358 e. The molecule has 0 bridgehead atoms. The number of aromatic amines is 1. The molecule has 0 fully saturated rings. The third kappa shape index (κ3) is 6.05. The van der Waals surface area contributed by atoms with Gasteiger partial charge in [-0.2, -0.15) is 16.9 Å². The summed E-state index contributed by atoms with van der Waals surface area (Å²) in [6.07, 6.45) is 1.47. The Morgan fingerprint density at radius 2 is 2.03 bits per heavy atom. The molecule has 0 spiro atoms. The van der Waals surface area contributed by atoms with Gasteiger partial charge in [0, 0.05) is 24.1 Å². The van der Waals surface area contributed by atoms with Gasteiger partial charge in [0.25, 0.3) is 5.56 Å². The lowest BCUT2D eigenvalue weighted by atomic mass is 10.1. The Bertz CT molecular complexity index is 1530. The van der Waals surface area contributed by atoms with Gasteiger partial charge in [0.05, 0.1) is 12.8 Å².